The molecule has 1 saturated carbocycles. The fourth-order valence-corrected chi connectivity index (χ4v) is 2.30. The second-order valence-electron chi connectivity index (χ2n) is 5.80. The standard InChI is InChI=1S/C12H22N2O2/c1-8(13)10-7-14(4-5-16-10)11(15)9-6-12(9,2)3/h8-10H,4-7,13H2,1-3H3/t8-,9+,10-/m1/s1. The number of hydrogen-bond donors (Lipinski definition) is 1. The normalized spacial score (nSPS) is 34.6. The molecule has 4 heteroatoms. The van der Waals surface area contributed by atoms with Crippen molar-refractivity contribution in [1.82, 2.24) is 4.90 Å². The third-order valence-electron chi connectivity index (χ3n) is 3.80. The second-order valence-corrected chi connectivity index (χ2v) is 5.80. The molecule has 0 spiro atoms. The topological polar surface area (TPSA) is 55.6 Å². The minimum atomic E-state index is -0.0113. The lowest BCUT2D eigenvalue weighted by atomic mass is 10.1. The minimum Gasteiger partial charge on any atom is -0.373 e. The fourth-order valence-electron chi connectivity index (χ4n) is 2.30. The quantitative estimate of drug-likeness (QED) is 0.750. The Morgan fingerprint density at radius 1 is 1.56 bits per heavy atom. The lowest BCUT2D eigenvalue weighted by molar-refractivity contribution is -0.141. The predicted octanol–water partition coefficient (Wildman–Crippen LogP) is 0.607. The van der Waals surface area contributed by atoms with Gasteiger partial charge in [-0.25, -0.2) is 0 Å². The van der Waals surface area contributed by atoms with E-state index >= 15 is 0 Å². The molecular weight excluding hydrogens is 204 g/mol. The Labute approximate surface area is 97.1 Å². The molecule has 1 aliphatic carbocycles. The predicted molar refractivity (Wildman–Crippen MR) is 61.9 cm³/mol. The highest BCUT2D eigenvalue weighted by Gasteiger charge is 2.52. The SMILES string of the molecule is C[C@@H](N)[C@H]1CN(C(=O)[C@@H]2CC2(C)C)CCO1. The summed E-state index contributed by atoms with van der Waals surface area (Å²) < 4.78 is 5.55. The van der Waals surface area contributed by atoms with Crippen LogP contribution in [-0.2, 0) is 9.53 Å². The molecule has 0 aromatic carbocycles. The summed E-state index contributed by atoms with van der Waals surface area (Å²) in [5.74, 6) is 0.512. The van der Waals surface area contributed by atoms with Crippen LogP contribution in [0.15, 0.2) is 0 Å². The van der Waals surface area contributed by atoms with Gasteiger partial charge in [0.1, 0.15) is 0 Å². The second kappa shape index (κ2) is 4.00. The zero-order chi connectivity index (χ0) is 11.9. The number of morpholine rings is 1. The number of carbonyl (C=O) groups is 1. The van der Waals surface area contributed by atoms with Crippen LogP contribution in [0.2, 0.25) is 0 Å². The number of hydrogen-bond acceptors (Lipinski definition) is 3. The number of nitrogens with two attached hydrogens (primary N) is 1. The molecule has 2 fully saturated rings. The molecule has 0 unspecified atom stereocenters. The van der Waals surface area contributed by atoms with Crippen LogP contribution < -0.4 is 5.73 Å². The first-order valence-electron chi connectivity index (χ1n) is 6.08. The van der Waals surface area contributed by atoms with Gasteiger partial charge < -0.3 is 15.4 Å². The molecule has 1 aliphatic heterocycles. The first-order chi connectivity index (χ1) is 7.42. The van der Waals surface area contributed by atoms with Gasteiger partial charge in [0.25, 0.3) is 0 Å². The molecule has 0 aromatic heterocycles. The summed E-state index contributed by atoms with van der Waals surface area (Å²) in [6.07, 6.45) is 1.02. The fraction of sp³-hybridized carbons (Fsp3) is 0.917. The van der Waals surface area contributed by atoms with Crippen molar-refractivity contribution in [3.63, 3.8) is 0 Å². The zero-order valence-electron chi connectivity index (χ0n) is 10.4. The van der Waals surface area contributed by atoms with Crippen LogP contribution in [0.25, 0.3) is 0 Å². The largest absolute Gasteiger partial charge is 0.373 e. The zero-order valence-corrected chi connectivity index (χ0v) is 10.4. The van der Waals surface area contributed by atoms with E-state index in [2.05, 4.69) is 13.8 Å². The Bertz CT molecular complexity index is 289. The number of ether oxygens (including phenoxy) is 1. The van der Waals surface area contributed by atoms with Crippen molar-refractivity contribution >= 4 is 5.91 Å². The van der Waals surface area contributed by atoms with Crippen molar-refractivity contribution in [2.75, 3.05) is 19.7 Å². The van der Waals surface area contributed by atoms with Crippen LogP contribution >= 0.6 is 0 Å². The summed E-state index contributed by atoms with van der Waals surface area (Å²) in [5, 5.41) is 0. The molecule has 2 N–H and O–H groups in total. The van der Waals surface area contributed by atoms with Crippen LogP contribution in [0.3, 0.4) is 0 Å². The van der Waals surface area contributed by atoms with Crippen LogP contribution in [0.5, 0.6) is 0 Å². The Morgan fingerprint density at radius 3 is 2.69 bits per heavy atom. The molecule has 2 aliphatic rings. The summed E-state index contributed by atoms with van der Waals surface area (Å²) in [5.41, 5.74) is 6.02. The maximum Gasteiger partial charge on any atom is 0.226 e. The van der Waals surface area contributed by atoms with Crippen molar-refractivity contribution in [1.29, 1.82) is 0 Å². The summed E-state index contributed by atoms with van der Waals surface area (Å²) in [4.78, 5) is 14.1. The molecule has 1 heterocycles. The van der Waals surface area contributed by atoms with Gasteiger partial charge in [-0.1, -0.05) is 13.8 Å². The number of amides is 1. The third kappa shape index (κ3) is 2.23. The van der Waals surface area contributed by atoms with E-state index in [0.717, 1.165) is 6.42 Å². The summed E-state index contributed by atoms with van der Waals surface area (Å²) in [6.45, 7) is 8.22. The van der Waals surface area contributed by atoms with Gasteiger partial charge in [-0.2, -0.15) is 0 Å². The van der Waals surface area contributed by atoms with Gasteiger partial charge in [-0.15, -0.1) is 0 Å². The number of carbonyl (C=O) groups excluding carboxylic acids is 1. The number of rotatable bonds is 2. The molecule has 2 rings (SSSR count). The van der Waals surface area contributed by atoms with Crippen molar-refractivity contribution in [3.8, 4) is 0 Å². The van der Waals surface area contributed by atoms with E-state index in [1.54, 1.807) is 0 Å². The van der Waals surface area contributed by atoms with E-state index in [9.17, 15) is 4.79 Å². The van der Waals surface area contributed by atoms with E-state index in [1.165, 1.54) is 0 Å². The van der Waals surface area contributed by atoms with Gasteiger partial charge >= 0.3 is 0 Å². The highest BCUT2D eigenvalue weighted by molar-refractivity contribution is 5.82. The van der Waals surface area contributed by atoms with Gasteiger partial charge in [-0.05, 0) is 18.8 Å². The molecule has 0 aromatic rings. The Hall–Kier alpha value is -0.610. The Balaban J connectivity index is 1.92. The molecule has 92 valence electrons. The lowest BCUT2D eigenvalue weighted by Gasteiger charge is -2.35. The van der Waals surface area contributed by atoms with Crippen LogP contribution in [0, 0.1) is 11.3 Å². The molecular formula is C12H22N2O2. The van der Waals surface area contributed by atoms with Crippen LogP contribution in [0.4, 0.5) is 0 Å². The Morgan fingerprint density at radius 2 is 2.19 bits per heavy atom. The smallest absolute Gasteiger partial charge is 0.226 e. The van der Waals surface area contributed by atoms with E-state index in [4.69, 9.17) is 10.5 Å². The first kappa shape index (κ1) is 11.9. The van der Waals surface area contributed by atoms with E-state index in [-0.39, 0.29) is 23.5 Å². The molecule has 1 amide bonds. The molecule has 0 bridgehead atoms. The van der Waals surface area contributed by atoms with Crippen molar-refractivity contribution in [2.45, 2.75) is 39.3 Å². The average Bonchev–Trinajstić information content (AvgIpc) is 2.87. The number of nitrogens with zero attached hydrogens (tertiary/aromatic N) is 1. The lowest BCUT2D eigenvalue weighted by Crippen LogP contribution is -2.52. The first-order valence-corrected chi connectivity index (χ1v) is 6.08. The highest BCUT2D eigenvalue weighted by atomic mass is 16.5. The molecule has 1 saturated heterocycles. The van der Waals surface area contributed by atoms with Crippen molar-refractivity contribution in [2.24, 2.45) is 17.1 Å². The third-order valence-corrected chi connectivity index (χ3v) is 3.80. The summed E-state index contributed by atoms with van der Waals surface area (Å²) >= 11 is 0. The average molecular weight is 226 g/mol. The molecule has 0 radical (unpaired) electrons. The van der Waals surface area contributed by atoms with Gasteiger partial charge in [0.2, 0.25) is 5.91 Å². The molecule has 4 nitrogen and oxygen atoms in total. The monoisotopic (exact) mass is 226 g/mol. The summed E-state index contributed by atoms with van der Waals surface area (Å²) in [7, 11) is 0. The highest BCUT2D eigenvalue weighted by Crippen LogP contribution is 2.52. The van der Waals surface area contributed by atoms with Crippen molar-refractivity contribution < 1.29 is 9.53 Å². The van der Waals surface area contributed by atoms with E-state index in [1.807, 2.05) is 11.8 Å². The molecule has 16 heavy (non-hydrogen) atoms. The minimum absolute atomic E-state index is 0.000405. The van der Waals surface area contributed by atoms with Gasteiger partial charge in [0.05, 0.1) is 12.7 Å². The van der Waals surface area contributed by atoms with Gasteiger partial charge in [-0.3, -0.25) is 4.79 Å². The van der Waals surface area contributed by atoms with E-state index < -0.39 is 0 Å². The maximum atomic E-state index is 12.2. The molecule has 3 atom stereocenters. The van der Waals surface area contributed by atoms with Crippen molar-refractivity contribution in [3.05, 3.63) is 0 Å². The van der Waals surface area contributed by atoms with Crippen LogP contribution in [0.1, 0.15) is 27.2 Å². The van der Waals surface area contributed by atoms with Crippen LogP contribution in [-0.4, -0.2) is 42.6 Å². The maximum absolute atomic E-state index is 12.2. The van der Waals surface area contributed by atoms with E-state index in [0.29, 0.717) is 25.6 Å². The summed E-state index contributed by atoms with van der Waals surface area (Å²) in [6, 6.07) is -0.0113. The Kier molecular flexibility index (Phi) is 2.97. The van der Waals surface area contributed by atoms with Gasteiger partial charge in [0, 0.05) is 25.0 Å². The van der Waals surface area contributed by atoms with Gasteiger partial charge in [0.15, 0.2) is 0 Å².